The molecule has 2 N–H and O–H groups in total. The molecule has 0 aromatic heterocycles. The van der Waals surface area contributed by atoms with Gasteiger partial charge < -0.3 is 20.3 Å². The van der Waals surface area contributed by atoms with Crippen molar-refractivity contribution >= 4 is 6.09 Å². The van der Waals surface area contributed by atoms with Gasteiger partial charge in [-0.1, -0.05) is 0 Å². The molecule has 2 heterocycles. The van der Waals surface area contributed by atoms with E-state index in [2.05, 4.69) is 11.9 Å². The molecule has 0 aromatic carbocycles. The minimum Gasteiger partial charge on any atom is -0.443 e. The number of piperidine rings is 1. The molecule has 0 aliphatic carbocycles. The Morgan fingerprint density at radius 1 is 1.47 bits per heavy atom. The molecule has 0 spiro atoms. The molecule has 2 rings (SSSR count). The lowest BCUT2D eigenvalue weighted by molar-refractivity contribution is 0.117. The van der Waals surface area contributed by atoms with Crippen LogP contribution in [0.15, 0.2) is 0 Å². The van der Waals surface area contributed by atoms with Gasteiger partial charge in [-0.3, -0.25) is 0 Å². The van der Waals surface area contributed by atoms with Crippen LogP contribution in [0, 0.1) is 0 Å². The van der Waals surface area contributed by atoms with Crippen molar-refractivity contribution in [2.45, 2.75) is 25.0 Å². The van der Waals surface area contributed by atoms with Crippen molar-refractivity contribution in [1.29, 1.82) is 0 Å². The van der Waals surface area contributed by atoms with Crippen molar-refractivity contribution < 1.29 is 9.53 Å². The maximum atomic E-state index is 11.6. The third-order valence-corrected chi connectivity index (χ3v) is 3.29. The molecular formula is C10H19N3O2. The number of hydrogen-bond acceptors (Lipinski definition) is 4. The third-order valence-electron chi connectivity index (χ3n) is 3.29. The monoisotopic (exact) mass is 213 g/mol. The number of hydrogen-bond donors (Lipinski definition) is 1. The topological polar surface area (TPSA) is 58.8 Å². The first-order valence-corrected chi connectivity index (χ1v) is 5.56. The van der Waals surface area contributed by atoms with E-state index in [1.807, 2.05) is 4.90 Å². The van der Waals surface area contributed by atoms with Gasteiger partial charge in [0.1, 0.15) is 6.10 Å². The molecule has 0 bridgehead atoms. The standard InChI is InChI=1S/C10H19N3O2/c1-12-4-2-8(3-5-12)13-7-9(6-11)15-10(13)14/h8-9H,2-7,11H2,1H3/t9-/m0/s1. The van der Waals surface area contributed by atoms with E-state index < -0.39 is 0 Å². The minimum absolute atomic E-state index is 0.0999. The molecule has 1 atom stereocenters. The maximum Gasteiger partial charge on any atom is 0.410 e. The fourth-order valence-corrected chi connectivity index (χ4v) is 2.27. The molecule has 0 aromatic rings. The number of rotatable bonds is 2. The smallest absolute Gasteiger partial charge is 0.410 e. The van der Waals surface area contributed by atoms with Crippen LogP contribution >= 0.6 is 0 Å². The molecular weight excluding hydrogens is 194 g/mol. The van der Waals surface area contributed by atoms with E-state index in [9.17, 15) is 4.79 Å². The summed E-state index contributed by atoms with van der Waals surface area (Å²) in [5.74, 6) is 0. The molecule has 2 fully saturated rings. The quantitative estimate of drug-likeness (QED) is 0.693. The summed E-state index contributed by atoms with van der Waals surface area (Å²) in [6, 6.07) is 0.352. The van der Waals surface area contributed by atoms with Crippen LogP contribution in [0.5, 0.6) is 0 Å². The molecule has 2 aliphatic heterocycles. The van der Waals surface area contributed by atoms with E-state index in [1.165, 1.54) is 0 Å². The van der Waals surface area contributed by atoms with E-state index in [0.717, 1.165) is 25.9 Å². The Labute approximate surface area is 90.1 Å². The minimum atomic E-state index is -0.181. The summed E-state index contributed by atoms with van der Waals surface area (Å²) in [7, 11) is 2.11. The molecule has 2 aliphatic rings. The zero-order chi connectivity index (χ0) is 10.8. The zero-order valence-electron chi connectivity index (χ0n) is 9.19. The SMILES string of the molecule is CN1CCC(N2C[C@H](CN)OC2=O)CC1. The summed E-state index contributed by atoms with van der Waals surface area (Å²) in [4.78, 5) is 15.7. The van der Waals surface area contributed by atoms with Crippen molar-refractivity contribution in [2.24, 2.45) is 5.73 Å². The molecule has 86 valence electrons. The van der Waals surface area contributed by atoms with Gasteiger partial charge in [0.25, 0.3) is 0 Å². The fraction of sp³-hybridized carbons (Fsp3) is 0.900. The summed E-state index contributed by atoms with van der Waals surface area (Å²) >= 11 is 0. The van der Waals surface area contributed by atoms with Gasteiger partial charge in [-0.25, -0.2) is 4.79 Å². The number of likely N-dealkylation sites (tertiary alicyclic amines) is 1. The first kappa shape index (κ1) is 10.7. The van der Waals surface area contributed by atoms with Crippen LogP contribution < -0.4 is 5.73 Å². The lowest BCUT2D eigenvalue weighted by Gasteiger charge is -2.33. The van der Waals surface area contributed by atoms with Gasteiger partial charge in [-0.05, 0) is 33.0 Å². The summed E-state index contributed by atoms with van der Waals surface area (Å²) in [6.07, 6.45) is 1.81. The molecule has 2 saturated heterocycles. The highest BCUT2D eigenvalue weighted by Gasteiger charge is 2.36. The number of amides is 1. The van der Waals surface area contributed by atoms with Crippen LogP contribution in [0.4, 0.5) is 4.79 Å². The van der Waals surface area contributed by atoms with Gasteiger partial charge in [0.2, 0.25) is 0 Å². The molecule has 0 radical (unpaired) electrons. The van der Waals surface area contributed by atoms with Gasteiger partial charge in [-0.2, -0.15) is 0 Å². The number of nitrogens with zero attached hydrogens (tertiary/aromatic N) is 2. The van der Waals surface area contributed by atoms with Gasteiger partial charge in [0, 0.05) is 12.6 Å². The highest BCUT2D eigenvalue weighted by atomic mass is 16.6. The van der Waals surface area contributed by atoms with Crippen LogP contribution in [-0.4, -0.2) is 61.3 Å². The fourth-order valence-electron chi connectivity index (χ4n) is 2.27. The Morgan fingerprint density at radius 2 is 2.13 bits per heavy atom. The van der Waals surface area contributed by atoms with Crippen molar-refractivity contribution in [2.75, 3.05) is 33.2 Å². The number of nitrogens with two attached hydrogens (primary N) is 1. The van der Waals surface area contributed by atoms with E-state index in [-0.39, 0.29) is 12.2 Å². The number of cyclic esters (lactones) is 1. The normalized spacial score (nSPS) is 29.6. The average molecular weight is 213 g/mol. The number of carbonyl (C=O) groups is 1. The highest BCUT2D eigenvalue weighted by Crippen LogP contribution is 2.21. The molecule has 1 amide bonds. The van der Waals surface area contributed by atoms with E-state index >= 15 is 0 Å². The Bertz CT molecular complexity index is 239. The van der Waals surface area contributed by atoms with E-state index in [1.54, 1.807) is 0 Å². The van der Waals surface area contributed by atoms with E-state index in [4.69, 9.17) is 10.5 Å². The second-order valence-corrected chi connectivity index (χ2v) is 4.43. The van der Waals surface area contributed by atoms with Gasteiger partial charge in [0.05, 0.1) is 6.54 Å². The maximum absolute atomic E-state index is 11.6. The van der Waals surface area contributed by atoms with Gasteiger partial charge in [0.15, 0.2) is 0 Å². The first-order valence-electron chi connectivity index (χ1n) is 5.56. The second-order valence-electron chi connectivity index (χ2n) is 4.43. The largest absolute Gasteiger partial charge is 0.443 e. The number of ether oxygens (including phenoxy) is 1. The first-order chi connectivity index (χ1) is 7.20. The highest BCUT2D eigenvalue weighted by molar-refractivity contribution is 5.70. The number of carbonyl (C=O) groups excluding carboxylic acids is 1. The van der Waals surface area contributed by atoms with Gasteiger partial charge >= 0.3 is 6.09 Å². The van der Waals surface area contributed by atoms with Crippen molar-refractivity contribution in [3.8, 4) is 0 Å². The third kappa shape index (κ3) is 2.23. The second kappa shape index (κ2) is 4.37. The van der Waals surface area contributed by atoms with Crippen molar-refractivity contribution in [1.82, 2.24) is 9.80 Å². The van der Waals surface area contributed by atoms with Crippen LogP contribution in [0.25, 0.3) is 0 Å². The van der Waals surface area contributed by atoms with Crippen LogP contribution in [0.3, 0.4) is 0 Å². The van der Waals surface area contributed by atoms with Crippen LogP contribution in [0.1, 0.15) is 12.8 Å². The Hall–Kier alpha value is -0.810. The Balaban J connectivity index is 1.91. The lowest BCUT2D eigenvalue weighted by atomic mass is 10.0. The summed E-state index contributed by atoms with van der Waals surface area (Å²) in [5, 5.41) is 0. The van der Waals surface area contributed by atoms with Crippen molar-refractivity contribution in [3.63, 3.8) is 0 Å². The Morgan fingerprint density at radius 3 is 2.67 bits per heavy atom. The molecule has 0 unspecified atom stereocenters. The van der Waals surface area contributed by atoms with E-state index in [0.29, 0.717) is 19.1 Å². The molecule has 5 heteroatoms. The lowest BCUT2D eigenvalue weighted by Crippen LogP contribution is -2.44. The predicted molar refractivity (Wildman–Crippen MR) is 56.5 cm³/mol. The zero-order valence-corrected chi connectivity index (χ0v) is 9.19. The molecule has 5 nitrogen and oxygen atoms in total. The Kier molecular flexibility index (Phi) is 3.11. The van der Waals surface area contributed by atoms with Crippen molar-refractivity contribution in [3.05, 3.63) is 0 Å². The average Bonchev–Trinajstić information content (AvgIpc) is 2.61. The summed E-state index contributed by atoms with van der Waals surface area (Å²) in [6.45, 7) is 3.21. The van der Waals surface area contributed by atoms with Gasteiger partial charge in [-0.15, -0.1) is 0 Å². The summed E-state index contributed by atoms with van der Waals surface area (Å²) < 4.78 is 5.15. The predicted octanol–water partition coefficient (Wildman–Crippen LogP) is -0.140. The summed E-state index contributed by atoms with van der Waals surface area (Å²) in [5.41, 5.74) is 5.50. The van der Waals surface area contributed by atoms with Crippen LogP contribution in [-0.2, 0) is 4.74 Å². The van der Waals surface area contributed by atoms with Crippen LogP contribution in [0.2, 0.25) is 0 Å². The molecule has 0 saturated carbocycles. The molecule has 15 heavy (non-hydrogen) atoms.